The Morgan fingerprint density at radius 2 is 1.55 bits per heavy atom. The van der Waals surface area contributed by atoms with Crippen LogP contribution in [0.5, 0.6) is 0 Å². The molecule has 2 heterocycles. The smallest absolute Gasteiger partial charge is 0.261 e. The monoisotopic (exact) mass is 592 g/mol. The number of rotatable bonds is 7. The van der Waals surface area contributed by atoms with Gasteiger partial charge < -0.3 is 24.6 Å². The Labute approximate surface area is 238 Å². The molecule has 0 radical (unpaired) electrons. The van der Waals surface area contributed by atoms with E-state index in [4.69, 9.17) is 14.2 Å². The molecule has 3 aromatic carbocycles. The van der Waals surface area contributed by atoms with Gasteiger partial charge in [-0.05, 0) is 23.3 Å². The fourth-order valence-corrected chi connectivity index (χ4v) is 5.13. The van der Waals surface area contributed by atoms with Crippen LogP contribution in [0.2, 0.25) is 0 Å². The lowest BCUT2D eigenvalue weighted by Crippen LogP contribution is -2.47. The second-order valence-electron chi connectivity index (χ2n) is 10.3. The zero-order valence-corrected chi connectivity index (χ0v) is 22.6. The highest BCUT2D eigenvalue weighted by atomic mass is 19.2. The molecule has 2 aliphatic rings. The molecule has 0 bridgehead atoms. The van der Waals surface area contributed by atoms with Gasteiger partial charge in [-0.2, -0.15) is 0 Å². The number of carbonyl (C=O) groups is 1. The standard InChI is InChI=1S/C30H29F5N2O5/c1-16-21(14-37-9-11-40-12-10-37)41-30(42-28(16)18-7-5-17(15-38)6-8-18)19-3-2-4-20(13-19)36-29(39)22-23(31)25(33)27(35)26(34)24(22)32/h2-8,13,16,21,28,30,38H,9-12,14-15H2,1H3,(H,36,39)/t16-,21+,28+,30+/m0/s1. The van der Waals surface area contributed by atoms with Crippen molar-refractivity contribution in [3.8, 4) is 0 Å². The van der Waals surface area contributed by atoms with Crippen LogP contribution in [-0.4, -0.2) is 54.9 Å². The summed E-state index contributed by atoms with van der Waals surface area (Å²) in [6, 6.07) is 13.4. The molecule has 4 atom stereocenters. The number of anilines is 1. The highest BCUT2D eigenvalue weighted by molar-refractivity contribution is 6.04. The predicted octanol–water partition coefficient (Wildman–Crippen LogP) is 5.25. The maximum Gasteiger partial charge on any atom is 0.261 e. The third kappa shape index (κ3) is 6.18. The topological polar surface area (TPSA) is 80.3 Å². The van der Waals surface area contributed by atoms with E-state index < -0.39 is 53.0 Å². The SMILES string of the molecule is C[C@H]1[C@@H](CN2CCOCC2)O[C@@H](c2cccc(NC(=O)c3c(F)c(F)c(F)c(F)c3F)c2)O[C@H]1c1ccc(CO)cc1. The van der Waals surface area contributed by atoms with Crippen molar-refractivity contribution in [2.75, 3.05) is 38.2 Å². The molecule has 5 rings (SSSR count). The van der Waals surface area contributed by atoms with Crippen LogP contribution in [0.3, 0.4) is 0 Å². The minimum Gasteiger partial charge on any atom is -0.392 e. The van der Waals surface area contributed by atoms with Crippen LogP contribution >= 0.6 is 0 Å². The average molecular weight is 593 g/mol. The van der Waals surface area contributed by atoms with Gasteiger partial charge in [0.15, 0.2) is 29.6 Å². The molecule has 2 aliphatic heterocycles. The van der Waals surface area contributed by atoms with Crippen molar-refractivity contribution < 1.29 is 46.1 Å². The summed E-state index contributed by atoms with van der Waals surface area (Å²) in [5, 5.41) is 11.6. The molecule has 0 unspecified atom stereocenters. The lowest BCUT2D eigenvalue weighted by molar-refractivity contribution is -0.277. The van der Waals surface area contributed by atoms with E-state index in [9.17, 15) is 31.9 Å². The molecule has 0 spiro atoms. The van der Waals surface area contributed by atoms with Gasteiger partial charge in [-0.1, -0.05) is 43.3 Å². The molecule has 0 aliphatic carbocycles. The quantitative estimate of drug-likeness (QED) is 0.222. The molecule has 2 N–H and O–H groups in total. The Morgan fingerprint density at radius 3 is 2.19 bits per heavy atom. The number of benzene rings is 3. The van der Waals surface area contributed by atoms with Gasteiger partial charge in [-0.25, -0.2) is 22.0 Å². The van der Waals surface area contributed by atoms with Crippen molar-refractivity contribution in [2.24, 2.45) is 5.92 Å². The summed E-state index contributed by atoms with van der Waals surface area (Å²) >= 11 is 0. The number of carbonyl (C=O) groups excluding carboxylic acids is 1. The van der Waals surface area contributed by atoms with Gasteiger partial charge in [0.1, 0.15) is 5.56 Å². The first-order chi connectivity index (χ1) is 20.2. The average Bonchev–Trinajstić information content (AvgIpc) is 3.01. The van der Waals surface area contributed by atoms with Gasteiger partial charge in [0.2, 0.25) is 5.82 Å². The number of halogens is 5. The predicted molar refractivity (Wildman–Crippen MR) is 141 cm³/mol. The Morgan fingerprint density at radius 1 is 0.905 bits per heavy atom. The van der Waals surface area contributed by atoms with Gasteiger partial charge in [0.25, 0.3) is 5.91 Å². The summed E-state index contributed by atoms with van der Waals surface area (Å²) in [4.78, 5) is 14.9. The summed E-state index contributed by atoms with van der Waals surface area (Å²) in [6.07, 6.45) is -1.61. The van der Waals surface area contributed by atoms with E-state index in [1.807, 2.05) is 31.2 Å². The summed E-state index contributed by atoms with van der Waals surface area (Å²) in [5.41, 5.74) is 0.516. The number of morpholine rings is 1. The Balaban J connectivity index is 1.41. The van der Waals surface area contributed by atoms with E-state index in [-0.39, 0.29) is 24.3 Å². The Bertz CT molecular complexity index is 1410. The van der Waals surface area contributed by atoms with E-state index in [1.54, 1.807) is 6.07 Å². The van der Waals surface area contributed by atoms with Crippen molar-refractivity contribution in [3.63, 3.8) is 0 Å². The van der Waals surface area contributed by atoms with Gasteiger partial charge in [0, 0.05) is 36.8 Å². The molecule has 1 amide bonds. The van der Waals surface area contributed by atoms with Crippen LogP contribution in [0.4, 0.5) is 27.6 Å². The number of aliphatic hydroxyl groups excluding tert-OH is 1. The van der Waals surface area contributed by atoms with E-state index in [0.29, 0.717) is 25.3 Å². The van der Waals surface area contributed by atoms with E-state index in [0.717, 1.165) is 24.2 Å². The lowest BCUT2D eigenvalue weighted by atomic mass is 9.90. The number of hydrogen-bond acceptors (Lipinski definition) is 6. The van der Waals surface area contributed by atoms with Crippen LogP contribution in [0.15, 0.2) is 48.5 Å². The van der Waals surface area contributed by atoms with E-state index in [2.05, 4.69) is 10.2 Å². The lowest BCUT2D eigenvalue weighted by Gasteiger charge is -2.43. The van der Waals surface area contributed by atoms with Crippen molar-refractivity contribution in [3.05, 3.63) is 99.9 Å². The van der Waals surface area contributed by atoms with Crippen LogP contribution in [0, 0.1) is 35.0 Å². The van der Waals surface area contributed by atoms with Gasteiger partial charge in [-0.15, -0.1) is 0 Å². The number of hydrogen-bond donors (Lipinski definition) is 2. The van der Waals surface area contributed by atoms with E-state index in [1.165, 1.54) is 18.2 Å². The highest BCUT2D eigenvalue weighted by Crippen LogP contribution is 2.42. The van der Waals surface area contributed by atoms with Gasteiger partial charge >= 0.3 is 0 Å². The first-order valence-electron chi connectivity index (χ1n) is 13.4. The molecule has 2 saturated heterocycles. The fourth-order valence-electron chi connectivity index (χ4n) is 5.13. The summed E-state index contributed by atoms with van der Waals surface area (Å²) < 4.78 is 87.4. The van der Waals surface area contributed by atoms with Crippen LogP contribution in [-0.2, 0) is 20.8 Å². The Hall–Kier alpha value is -3.42. The fraction of sp³-hybridized carbons (Fsp3) is 0.367. The largest absolute Gasteiger partial charge is 0.392 e. The minimum atomic E-state index is -2.35. The second-order valence-corrected chi connectivity index (χ2v) is 10.3. The third-order valence-corrected chi connectivity index (χ3v) is 7.52. The molecule has 7 nitrogen and oxygen atoms in total. The zero-order chi connectivity index (χ0) is 30.0. The van der Waals surface area contributed by atoms with Crippen molar-refractivity contribution in [1.29, 1.82) is 0 Å². The molecular formula is C30H29F5N2O5. The first-order valence-corrected chi connectivity index (χ1v) is 13.4. The van der Waals surface area contributed by atoms with Gasteiger partial charge in [0.05, 0.1) is 32.0 Å². The molecule has 12 heteroatoms. The van der Waals surface area contributed by atoms with Crippen molar-refractivity contribution in [2.45, 2.75) is 32.0 Å². The maximum atomic E-state index is 14.2. The zero-order valence-electron chi connectivity index (χ0n) is 22.6. The molecule has 0 aromatic heterocycles. The third-order valence-electron chi connectivity index (χ3n) is 7.52. The van der Waals surface area contributed by atoms with Gasteiger partial charge in [-0.3, -0.25) is 9.69 Å². The number of amides is 1. The highest BCUT2D eigenvalue weighted by Gasteiger charge is 2.39. The van der Waals surface area contributed by atoms with E-state index >= 15 is 0 Å². The van der Waals surface area contributed by atoms with Crippen LogP contribution in [0.1, 0.15) is 46.4 Å². The maximum absolute atomic E-state index is 14.2. The minimum absolute atomic E-state index is 0.0286. The normalized spacial score (nSPS) is 23.1. The molecule has 224 valence electrons. The molecule has 2 fully saturated rings. The Kier molecular flexibility index (Phi) is 9.19. The summed E-state index contributed by atoms with van der Waals surface area (Å²) in [6.45, 7) is 5.23. The summed E-state index contributed by atoms with van der Waals surface area (Å²) in [5.74, 6) is -12.8. The van der Waals surface area contributed by atoms with Crippen molar-refractivity contribution in [1.82, 2.24) is 4.90 Å². The number of ether oxygens (including phenoxy) is 3. The number of nitrogens with one attached hydrogen (secondary N) is 1. The molecule has 42 heavy (non-hydrogen) atoms. The second kappa shape index (κ2) is 12.8. The van der Waals surface area contributed by atoms with Crippen LogP contribution in [0.25, 0.3) is 0 Å². The summed E-state index contributed by atoms with van der Waals surface area (Å²) in [7, 11) is 0. The van der Waals surface area contributed by atoms with Crippen LogP contribution < -0.4 is 5.32 Å². The number of nitrogens with zero attached hydrogens (tertiary/aromatic N) is 1. The first kappa shape index (κ1) is 30.1. The molecule has 0 saturated carbocycles. The molecule has 3 aromatic rings. The van der Waals surface area contributed by atoms with Crippen molar-refractivity contribution >= 4 is 11.6 Å². The number of aliphatic hydroxyl groups is 1. The molecular weight excluding hydrogens is 563 g/mol.